The van der Waals surface area contributed by atoms with E-state index in [4.69, 9.17) is 14.2 Å². The Bertz CT molecular complexity index is 570. The van der Waals surface area contributed by atoms with E-state index in [2.05, 4.69) is 4.90 Å². The molecule has 0 radical (unpaired) electrons. The molecular weight excluding hydrogens is 321 g/mol. The van der Waals surface area contributed by atoms with Gasteiger partial charge in [0.1, 0.15) is 5.82 Å². The summed E-state index contributed by atoms with van der Waals surface area (Å²) in [4.78, 5) is 2.27. The minimum Gasteiger partial charge on any atom is -0.381 e. The minimum atomic E-state index is -0.118. The number of hydrogen-bond acceptors (Lipinski definition) is 4. The highest BCUT2D eigenvalue weighted by Crippen LogP contribution is 2.40. The van der Waals surface area contributed by atoms with Crippen LogP contribution < -0.4 is 0 Å². The highest BCUT2D eigenvalue weighted by Gasteiger charge is 2.52. The number of benzene rings is 1. The van der Waals surface area contributed by atoms with Crippen molar-refractivity contribution in [1.82, 2.24) is 4.90 Å². The van der Waals surface area contributed by atoms with E-state index >= 15 is 0 Å². The van der Waals surface area contributed by atoms with Crippen LogP contribution in [0.2, 0.25) is 0 Å². The molecule has 25 heavy (non-hydrogen) atoms. The summed E-state index contributed by atoms with van der Waals surface area (Å²) in [5.74, 6) is 0.988. The van der Waals surface area contributed by atoms with Crippen LogP contribution in [0.15, 0.2) is 24.3 Å². The highest BCUT2D eigenvalue weighted by atomic mass is 19.1. The molecule has 3 heterocycles. The fourth-order valence-corrected chi connectivity index (χ4v) is 4.35. The predicted molar refractivity (Wildman–Crippen MR) is 92.8 cm³/mol. The van der Waals surface area contributed by atoms with Crippen molar-refractivity contribution >= 4 is 0 Å². The third kappa shape index (κ3) is 3.90. The summed E-state index contributed by atoms with van der Waals surface area (Å²) in [5, 5.41) is 0. The van der Waals surface area contributed by atoms with Crippen LogP contribution >= 0.6 is 0 Å². The molecule has 0 unspecified atom stereocenters. The Morgan fingerprint density at radius 3 is 2.68 bits per heavy atom. The largest absolute Gasteiger partial charge is 0.381 e. The summed E-state index contributed by atoms with van der Waals surface area (Å²) in [6, 6.07) is 7.03. The van der Waals surface area contributed by atoms with Gasteiger partial charge in [-0.25, -0.2) is 4.39 Å². The van der Waals surface area contributed by atoms with Crippen molar-refractivity contribution in [2.45, 2.75) is 31.4 Å². The molecule has 4 rings (SSSR count). The molecule has 0 N–H and O–H groups in total. The van der Waals surface area contributed by atoms with Gasteiger partial charge in [-0.15, -0.1) is 0 Å². The zero-order valence-corrected chi connectivity index (χ0v) is 14.8. The maximum atomic E-state index is 13.8. The molecular formula is C20H28FNO3. The lowest BCUT2D eigenvalue weighted by Gasteiger charge is -2.50. The van der Waals surface area contributed by atoms with Gasteiger partial charge in [-0.2, -0.15) is 0 Å². The van der Waals surface area contributed by atoms with Gasteiger partial charge >= 0.3 is 0 Å². The third-order valence-corrected chi connectivity index (χ3v) is 5.95. The van der Waals surface area contributed by atoms with Gasteiger partial charge in [0.2, 0.25) is 0 Å². The van der Waals surface area contributed by atoms with E-state index in [-0.39, 0.29) is 11.4 Å². The number of hydrogen-bond donors (Lipinski definition) is 0. The number of likely N-dealkylation sites (tertiary alicyclic amines) is 1. The minimum absolute atomic E-state index is 0.0685. The summed E-state index contributed by atoms with van der Waals surface area (Å²) in [5.41, 5.74) is 0.698. The Hall–Kier alpha value is -1.01. The Morgan fingerprint density at radius 2 is 1.88 bits per heavy atom. The van der Waals surface area contributed by atoms with Crippen molar-refractivity contribution in [2.24, 2.45) is 11.8 Å². The molecule has 0 aliphatic carbocycles. The Balaban J connectivity index is 1.24. The fraction of sp³-hybridized carbons (Fsp3) is 0.700. The SMILES string of the molecule is Fc1ccccc1CN1CC2(C1)OCC[C@@H]2COCC1CCOCC1. The molecule has 3 fully saturated rings. The van der Waals surface area contributed by atoms with Crippen molar-refractivity contribution in [1.29, 1.82) is 0 Å². The number of nitrogens with zero attached hydrogens (tertiary/aromatic N) is 1. The van der Waals surface area contributed by atoms with Crippen LogP contribution in [-0.4, -0.2) is 56.6 Å². The van der Waals surface area contributed by atoms with E-state index in [0.717, 1.165) is 70.9 Å². The lowest BCUT2D eigenvalue weighted by molar-refractivity contribution is -0.147. The van der Waals surface area contributed by atoms with Crippen LogP contribution in [0.25, 0.3) is 0 Å². The fourth-order valence-electron chi connectivity index (χ4n) is 4.35. The van der Waals surface area contributed by atoms with Crippen LogP contribution in [0.3, 0.4) is 0 Å². The van der Waals surface area contributed by atoms with Crippen molar-refractivity contribution in [2.75, 3.05) is 46.1 Å². The first-order chi connectivity index (χ1) is 12.3. The van der Waals surface area contributed by atoms with E-state index in [1.807, 2.05) is 12.1 Å². The molecule has 3 saturated heterocycles. The lowest BCUT2D eigenvalue weighted by atomic mass is 9.81. The average molecular weight is 349 g/mol. The van der Waals surface area contributed by atoms with E-state index in [1.165, 1.54) is 6.07 Å². The summed E-state index contributed by atoms with van der Waals surface area (Å²) in [7, 11) is 0. The second-order valence-corrected chi connectivity index (χ2v) is 7.73. The molecule has 5 heteroatoms. The van der Waals surface area contributed by atoms with Crippen molar-refractivity contribution in [3.63, 3.8) is 0 Å². The second kappa shape index (κ2) is 7.70. The van der Waals surface area contributed by atoms with Gasteiger partial charge in [0.15, 0.2) is 0 Å². The van der Waals surface area contributed by atoms with E-state index in [1.54, 1.807) is 6.07 Å². The molecule has 3 aliphatic rings. The predicted octanol–water partition coefficient (Wildman–Crippen LogP) is 2.86. The van der Waals surface area contributed by atoms with Gasteiger partial charge in [0, 0.05) is 57.5 Å². The zero-order chi connectivity index (χ0) is 17.1. The average Bonchev–Trinajstić information content (AvgIpc) is 3.01. The first-order valence-electron chi connectivity index (χ1n) is 9.50. The maximum Gasteiger partial charge on any atom is 0.127 e. The van der Waals surface area contributed by atoms with Gasteiger partial charge < -0.3 is 14.2 Å². The monoisotopic (exact) mass is 349 g/mol. The Morgan fingerprint density at radius 1 is 1.08 bits per heavy atom. The quantitative estimate of drug-likeness (QED) is 0.790. The van der Waals surface area contributed by atoms with Crippen LogP contribution in [0, 0.1) is 17.7 Å². The van der Waals surface area contributed by atoms with E-state index < -0.39 is 0 Å². The van der Waals surface area contributed by atoms with Crippen LogP contribution in [-0.2, 0) is 20.8 Å². The molecule has 1 aromatic carbocycles. The smallest absolute Gasteiger partial charge is 0.127 e. The molecule has 3 aliphatic heterocycles. The number of ether oxygens (including phenoxy) is 3. The third-order valence-electron chi connectivity index (χ3n) is 5.95. The van der Waals surface area contributed by atoms with Crippen molar-refractivity contribution < 1.29 is 18.6 Å². The lowest BCUT2D eigenvalue weighted by Crippen LogP contribution is -2.64. The molecule has 4 nitrogen and oxygen atoms in total. The first kappa shape index (κ1) is 17.4. The van der Waals surface area contributed by atoms with Crippen LogP contribution in [0.4, 0.5) is 4.39 Å². The Kier molecular flexibility index (Phi) is 5.36. The molecule has 0 saturated carbocycles. The van der Waals surface area contributed by atoms with Gasteiger partial charge in [0.05, 0.1) is 12.2 Å². The summed E-state index contributed by atoms with van der Waals surface area (Å²) in [6.07, 6.45) is 3.30. The van der Waals surface area contributed by atoms with Gasteiger partial charge in [0.25, 0.3) is 0 Å². The molecule has 138 valence electrons. The van der Waals surface area contributed by atoms with Gasteiger partial charge in [-0.05, 0) is 31.2 Å². The van der Waals surface area contributed by atoms with Crippen molar-refractivity contribution in [3.8, 4) is 0 Å². The first-order valence-corrected chi connectivity index (χ1v) is 9.50. The molecule has 1 atom stereocenters. The zero-order valence-electron chi connectivity index (χ0n) is 14.8. The molecule has 0 aromatic heterocycles. The van der Waals surface area contributed by atoms with E-state index in [9.17, 15) is 4.39 Å². The van der Waals surface area contributed by atoms with Crippen molar-refractivity contribution in [3.05, 3.63) is 35.6 Å². The van der Waals surface area contributed by atoms with Gasteiger partial charge in [-0.3, -0.25) is 4.90 Å². The standard InChI is InChI=1S/C20H28FNO3/c21-19-4-2-1-3-17(19)11-22-14-20(15-22)18(7-10-25-20)13-24-12-16-5-8-23-9-6-16/h1-4,16,18H,5-15H2/t18-/m1/s1. The van der Waals surface area contributed by atoms with Crippen LogP contribution in [0.1, 0.15) is 24.8 Å². The normalized spacial score (nSPS) is 26.8. The molecule has 0 amide bonds. The second-order valence-electron chi connectivity index (χ2n) is 7.73. The van der Waals surface area contributed by atoms with Crippen LogP contribution in [0.5, 0.6) is 0 Å². The summed E-state index contributed by atoms with van der Waals surface area (Å²) < 4.78 is 31.4. The topological polar surface area (TPSA) is 30.9 Å². The highest BCUT2D eigenvalue weighted by molar-refractivity contribution is 5.18. The maximum absolute atomic E-state index is 13.8. The Labute approximate surface area is 149 Å². The number of halogens is 1. The van der Waals surface area contributed by atoms with E-state index in [0.29, 0.717) is 18.4 Å². The molecule has 1 spiro atoms. The summed E-state index contributed by atoms with van der Waals surface area (Å²) >= 11 is 0. The number of rotatable bonds is 6. The summed E-state index contributed by atoms with van der Waals surface area (Å²) in [6.45, 7) is 6.61. The molecule has 0 bridgehead atoms. The molecule has 1 aromatic rings. The van der Waals surface area contributed by atoms with Gasteiger partial charge in [-0.1, -0.05) is 18.2 Å².